The Morgan fingerprint density at radius 2 is 1.89 bits per heavy atom. The van der Waals surface area contributed by atoms with Crippen LogP contribution >= 0.6 is 43.2 Å². The summed E-state index contributed by atoms with van der Waals surface area (Å²) in [6, 6.07) is 16.5. The molecule has 0 unspecified atom stereocenters. The third kappa shape index (κ3) is 5.55. The molecule has 1 aliphatic heterocycles. The fourth-order valence-corrected chi connectivity index (χ4v) is 6.45. The number of anilines is 2. The first-order valence-electron chi connectivity index (χ1n) is 12.2. The zero-order valence-electron chi connectivity index (χ0n) is 20.6. The molecule has 1 aliphatic rings. The summed E-state index contributed by atoms with van der Waals surface area (Å²) in [5, 5.41) is 2.96. The van der Waals surface area contributed by atoms with Crippen LogP contribution < -0.4 is 10.2 Å². The minimum atomic E-state index is -0.260. The topological polar surface area (TPSA) is 87.5 Å². The van der Waals surface area contributed by atoms with Crippen LogP contribution in [0.1, 0.15) is 39.3 Å². The molecule has 3 heterocycles. The van der Waals surface area contributed by atoms with Crippen molar-refractivity contribution < 1.29 is 14.4 Å². The van der Waals surface area contributed by atoms with Gasteiger partial charge in [-0.05, 0) is 81.1 Å². The molecule has 11 heteroatoms. The van der Waals surface area contributed by atoms with Gasteiger partial charge in [-0.3, -0.25) is 19.7 Å². The molecule has 3 amide bonds. The van der Waals surface area contributed by atoms with E-state index in [1.807, 2.05) is 45.9 Å². The maximum Gasteiger partial charge on any atom is 0.268 e. The van der Waals surface area contributed by atoms with Crippen molar-refractivity contribution in [1.29, 1.82) is 0 Å². The predicted octanol–water partition coefficient (Wildman–Crippen LogP) is 6.16. The molecule has 0 radical (unpaired) electrons. The van der Waals surface area contributed by atoms with Gasteiger partial charge < -0.3 is 14.4 Å². The van der Waals surface area contributed by atoms with Crippen molar-refractivity contribution in [2.75, 3.05) is 30.4 Å². The van der Waals surface area contributed by atoms with Crippen molar-refractivity contribution >= 4 is 83.6 Å². The van der Waals surface area contributed by atoms with Gasteiger partial charge in [-0.1, -0.05) is 18.2 Å². The molecule has 2 aromatic carbocycles. The molecule has 1 fully saturated rings. The number of fused-ring (bicyclic) bond motifs is 1. The lowest BCUT2D eigenvalue weighted by molar-refractivity contribution is -0.127. The lowest BCUT2D eigenvalue weighted by Gasteiger charge is -2.18. The number of nitrogens with one attached hydrogen (secondary N) is 1. The lowest BCUT2D eigenvalue weighted by atomic mass is 10.2. The van der Waals surface area contributed by atoms with E-state index in [1.54, 1.807) is 30.1 Å². The molecule has 0 spiro atoms. The molecule has 2 aromatic heterocycles. The highest BCUT2D eigenvalue weighted by molar-refractivity contribution is 9.13. The van der Waals surface area contributed by atoms with Crippen LogP contribution in [0.2, 0.25) is 0 Å². The molecule has 4 aromatic rings. The summed E-state index contributed by atoms with van der Waals surface area (Å²) in [6.45, 7) is 2.02. The molecule has 1 saturated heterocycles. The quantitative estimate of drug-likeness (QED) is 0.246. The SMILES string of the molecule is CN(C(=O)c1ccccc1)c1ccc2c(c1)nc(NC(=O)c1cc(Br)c(Br)s1)n2CCCN1CCCC1=O. The average Bonchev–Trinajstić information content (AvgIpc) is 3.60. The van der Waals surface area contributed by atoms with E-state index in [0.29, 0.717) is 47.1 Å². The third-order valence-electron chi connectivity index (χ3n) is 6.52. The Labute approximate surface area is 240 Å². The zero-order valence-corrected chi connectivity index (χ0v) is 24.6. The number of halogens is 2. The van der Waals surface area contributed by atoms with Gasteiger partial charge in [0.1, 0.15) is 0 Å². The van der Waals surface area contributed by atoms with Gasteiger partial charge in [-0.2, -0.15) is 0 Å². The summed E-state index contributed by atoms with van der Waals surface area (Å²) in [5.41, 5.74) is 2.79. The van der Waals surface area contributed by atoms with Crippen molar-refractivity contribution in [3.8, 4) is 0 Å². The summed E-state index contributed by atoms with van der Waals surface area (Å²) in [7, 11) is 1.73. The fraction of sp³-hybridized carbons (Fsp3) is 0.259. The molecule has 196 valence electrons. The smallest absolute Gasteiger partial charge is 0.268 e. The number of aromatic nitrogens is 2. The van der Waals surface area contributed by atoms with Gasteiger partial charge in [-0.25, -0.2) is 4.98 Å². The Morgan fingerprint density at radius 3 is 2.58 bits per heavy atom. The number of thiophene rings is 1. The van der Waals surface area contributed by atoms with Crippen LogP contribution in [0.25, 0.3) is 11.0 Å². The minimum Gasteiger partial charge on any atom is -0.343 e. The lowest BCUT2D eigenvalue weighted by Crippen LogP contribution is -2.26. The molecule has 0 aliphatic carbocycles. The fourth-order valence-electron chi connectivity index (χ4n) is 4.52. The second kappa shape index (κ2) is 11.4. The van der Waals surface area contributed by atoms with E-state index in [1.165, 1.54) is 11.3 Å². The van der Waals surface area contributed by atoms with Crippen LogP contribution in [-0.2, 0) is 11.3 Å². The van der Waals surface area contributed by atoms with Gasteiger partial charge in [0.15, 0.2) is 0 Å². The number of benzene rings is 2. The van der Waals surface area contributed by atoms with Gasteiger partial charge in [-0.15, -0.1) is 11.3 Å². The van der Waals surface area contributed by atoms with Crippen molar-refractivity contribution in [1.82, 2.24) is 14.5 Å². The summed E-state index contributed by atoms with van der Waals surface area (Å²) in [6.07, 6.45) is 2.24. The van der Waals surface area contributed by atoms with Crippen LogP contribution in [0.5, 0.6) is 0 Å². The number of imidazole rings is 1. The van der Waals surface area contributed by atoms with Crippen molar-refractivity contribution in [3.05, 3.63) is 73.3 Å². The van der Waals surface area contributed by atoms with E-state index < -0.39 is 0 Å². The minimum absolute atomic E-state index is 0.123. The van der Waals surface area contributed by atoms with Gasteiger partial charge in [0.05, 0.1) is 19.7 Å². The highest BCUT2D eigenvalue weighted by Gasteiger charge is 2.22. The Balaban J connectivity index is 1.43. The maximum absolute atomic E-state index is 13.1. The van der Waals surface area contributed by atoms with E-state index in [4.69, 9.17) is 4.98 Å². The van der Waals surface area contributed by atoms with E-state index in [-0.39, 0.29) is 17.7 Å². The predicted molar refractivity (Wildman–Crippen MR) is 157 cm³/mol. The highest BCUT2D eigenvalue weighted by Crippen LogP contribution is 2.33. The molecular weight excluding hydrogens is 634 g/mol. The summed E-state index contributed by atoms with van der Waals surface area (Å²) >= 11 is 8.20. The van der Waals surface area contributed by atoms with Crippen LogP contribution in [0.3, 0.4) is 0 Å². The summed E-state index contributed by atoms with van der Waals surface area (Å²) < 4.78 is 3.61. The normalized spacial score (nSPS) is 13.3. The molecule has 5 rings (SSSR count). The van der Waals surface area contributed by atoms with Crippen molar-refractivity contribution in [3.63, 3.8) is 0 Å². The first kappa shape index (κ1) is 26.6. The monoisotopic (exact) mass is 657 g/mol. The van der Waals surface area contributed by atoms with E-state index >= 15 is 0 Å². The number of hydrogen-bond donors (Lipinski definition) is 1. The number of hydrogen-bond acceptors (Lipinski definition) is 5. The van der Waals surface area contributed by atoms with Gasteiger partial charge >= 0.3 is 0 Å². The third-order valence-corrected chi connectivity index (χ3v) is 9.77. The number of rotatable bonds is 8. The van der Waals surface area contributed by atoms with Crippen molar-refractivity contribution in [2.24, 2.45) is 0 Å². The Kier molecular flexibility index (Phi) is 7.96. The number of amides is 3. The Hall–Kier alpha value is -3.02. The summed E-state index contributed by atoms with van der Waals surface area (Å²) in [5.74, 6) is 0.234. The maximum atomic E-state index is 13.1. The molecule has 0 bridgehead atoms. The number of nitrogens with zero attached hydrogens (tertiary/aromatic N) is 4. The van der Waals surface area contributed by atoms with Crippen molar-refractivity contribution in [2.45, 2.75) is 25.8 Å². The number of carbonyl (C=O) groups excluding carboxylic acids is 3. The second-order valence-corrected chi connectivity index (χ2v) is 12.2. The Morgan fingerprint density at radius 1 is 1.11 bits per heavy atom. The van der Waals surface area contributed by atoms with Crippen LogP contribution in [0.15, 0.2) is 62.9 Å². The van der Waals surface area contributed by atoms with Gasteiger partial charge in [0.25, 0.3) is 11.8 Å². The average molecular weight is 659 g/mol. The van der Waals surface area contributed by atoms with E-state index in [2.05, 4.69) is 37.2 Å². The number of likely N-dealkylation sites (tertiary alicyclic amines) is 1. The molecular formula is C27H25Br2N5O3S. The molecule has 0 saturated carbocycles. The van der Waals surface area contributed by atoms with E-state index in [0.717, 1.165) is 33.2 Å². The zero-order chi connectivity index (χ0) is 26.8. The first-order valence-corrected chi connectivity index (χ1v) is 14.6. The molecule has 38 heavy (non-hydrogen) atoms. The van der Waals surface area contributed by atoms with Gasteiger partial charge in [0, 0.05) is 48.8 Å². The number of aryl methyl sites for hydroxylation is 1. The standard InChI is InChI=1S/C27H25Br2N5O3S/c1-32(26(37)17-7-3-2-4-8-17)18-10-11-21-20(15-18)30-27(31-25(36)22-16-19(28)24(29)38-22)34(21)14-6-13-33-12-5-9-23(33)35/h2-4,7-8,10-11,15-16H,5-6,9,12-14H2,1H3,(H,30,31,36). The molecule has 1 N–H and O–H groups in total. The van der Waals surface area contributed by atoms with Crippen LogP contribution in [0.4, 0.5) is 11.6 Å². The largest absolute Gasteiger partial charge is 0.343 e. The highest BCUT2D eigenvalue weighted by atomic mass is 79.9. The second-order valence-electron chi connectivity index (χ2n) is 9.01. The number of carbonyl (C=O) groups is 3. The summed E-state index contributed by atoms with van der Waals surface area (Å²) in [4.78, 5) is 46.8. The Bertz CT molecular complexity index is 1500. The first-order chi connectivity index (χ1) is 18.3. The molecule has 0 atom stereocenters. The van der Waals surface area contributed by atoms with Crippen LogP contribution in [-0.4, -0.2) is 52.3 Å². The van der Waals surface area contributed by atoms with E-state index in [9.17, 15) is 14.4 Å². The van der Waals surface area contributed by atoms with Crippen LogP contribution in [0, 0.1) is 0 Å². The van der Waals surface area contributed by atoms with Gasteiger partial charge in [0.2, 0.25) is 11.9 Å². The molecule has 8 nitrogen and oxygen atoms in total.